The molecule has 0 saturated heterocycles. The number of methoxy groups -OCH3 is 1. The highest BCUT2D eigenvalue weighted by Gasteiger charge is 2.35. The number of nitrogens with zero attached hydrogens (tertiary/aromatic N) is 1. The van der Waals surface area contributed by atoms with Crippen LogP contribution in [0.5, 0.6) is 5.75 Å². The quantitative estimate of drug-likeness (QED) is 0.801. The van der Waals surface area contributed by atoms with Gasteiger partial charge in [-0.1, -0.05) is 18.2 Å². The zero-order valence-corrected chi connectivity index (χ0v) is 16.3. The van der Waals surface area contributed by atoms with E-state index in [0.717, 1.165) is 0 Å². The van der Waals surface area contributed by atoms with E-state index in [1.165, 1.54) is 25.3 Å². The average molecular weight is 377 g/mol. The van der Waals surface area contributed by atoms with Crippen LogP contribution >= 0.6 is 0 Å². The summed E-state index contributed by atoms with van der Waals surface area (Å²) in [7, 11) is -2.65. The van der Waals surface area contributed by atoms with Crippen LogP contribution in [0.1, 0.15) is 26.3 Å². The van der Waals surface area contributed by atoms with E-state index in [1.54, 1.807) is 58.0 Å². The van der Waals surface area contributed by atoms with E-state index in [0.29, 0.717) is 15.6 Å². The van der Waals surface area contributed by atoms with Crippen LogP contribution < -0.4 is 9.04 Å². The molecule has 0 aliphatic heterocycles. The van der Waals surface area contributed by atoms with Gasteiger partial charge in [0.15, 0.2) is 0 Å². The summed E-state index contributed by atoms with van der Waals surface area (Å²) in [5, 5.41) is 0. The first kappa shape index (κ1) is 19.8. The van der Waals surface area contributed by atoms with Crippen LogP contribution in [0.2, 0.25) is 0 Å². The van der Waals surface area contributed by atoms with Crippen LogP contribution in [0.25, 0.3) is 0 Å². The highest BCUT2D eigenvalue weighted by molar-refractivity contribution is 7.93. The van der Waals surface area contributed by atoms with Crippen LogP contribution in [0.4, 0.5) is 10.5 Å². The van der Waals surface area contributed by atoms with Crippen molar-refractivity contribution in [3.8, 4) is 5.75 Å². The van der Waals surface area contributed by atoms with Crippen molar-refractivity contribution in [1.29, 1.82) is 0 Å². The van der Waals surface area contributed by atoms with Crippen LogP contribution in [0.15, 0.2) is 53.4 Å². The normalized spacial score (nSPS) is 11.7. The van der Waals surface area contributed by atoms with Crippen molar-refractivity contribution >= 4 is 21.8 Å². The smallest absolute Gasteiger partial charge is 0.429 e. The number of anilines is 1. The zero-order valence-electron chi connectivity index (χ0n) is 15.5. The Bertz CT molecular complexity index is 883. The fourth-order valence-corrected chi connectivity index (χ4v) is 3.86. The number of amides is 1. The van der Waals surface area contributed by atoms with Crippen LogP contribution in [-0.2, 0) is 14.8 Å². The summed E-state index contributed by atoms with van der Waals surface area (Å²) < 4.78 is 37.6. The highest BCUT2D eigenvalue weighted by atomic mass is 32.2. The van der Waals surface area contributed by atoms with Gasteiger partial charge in [-0.15, -0.1) is 0 Å². The summed E-state index contributed by atoms with van der Waals surface area (Å²) in [6, 6.07) is 12.7. The van der Waals surface area contributed by atoms with E-state index in [2.05, 4.69) is 0 Å². The Kier molecular flexibility index (Phi) is 5.61. The number of carbonyl (C=O) groups is 1. The Labute approximate surface area is 154 Å². The van der Waals surface area contributed by atoms with E-state index >= 15 is 0 Å². The Morgan fingerprint density at radius 1 is 1.00 bits per heavy atom. The van der Waals surface area contributed by atoms with Gasteiger partial charge in [-0.3, -0.25) is 0 Å². The summed E-state index contributed by atoms with van der Waals surface area (Å²) in [5.74, 6) is 0.547. The summed E-state index contributed by atoms with van der Waals surface area (Å²) >= 11 is 0. The Morgan fingerprint density at radius 3 is 2.08 bits per heavy atom. The fourth-order valence-electron chi connectivity index (χ4n) is 2.31. The number of ether oxygens (including phenoxy) is 2. The molecular formula is C19H23NO5S. The maximum Gasteiger partial charge on any atom is 0.429 e. The summed E-state index contributed by atoms with van der Waals surface area (Å²) in [6.07, 6.45) is -0.967. The monoisotopic (exact) mass is 377 g/mol. The number of sulfonamides is 1. The molecule has 0 fully saturated rings. The predicted molar refractivity (Wildman–Crippen MR) is 100 cm³/mol. The second-order valence-corrected chi connectivity index (χ2v) is 8.47. The molecule has 0 radical (unpaired) electrons. The average Bonchev–Trinajstić information content (AvgIpc) is 2.54. The number of rotatable bonds is 4. The highest BCUT2D eigenvalue weighted by Crippen LogP contribution is 2.29. The molecule has 0 aliphatic carbocycles. The largest absolute Gasteiger partial charge is 0.497 e. The lowest BCUT2D eigenvalue weighted by Gasteiger charge is -2.27. The molecule has 2 aromatic rings. The number of hydrogen-bond acceptors (Lipinski definition) is 5. The predicted octanol–water partition coefficient (Wildman–Crippen LogP) is 4.13. The molecule has 0 aromatic heterocycles. The molecule has 6 nitrogen and oxygen atoms in total. The van der Waals surface area contributed by atoms with Gasteiger partial charge in [0, 0.05) is 0 Å². The molecule has 0 bridgehead atoms. The minimum absolute atomic E-state index is 0.0432. The molecule has 0 N–H and O–H groups in total. The molecule has 140 valence electrons. The molecule has 0 aliphatic rings. The molecule has 1 amide bonds. The molecule has 2 aromatic carbocycles. The van der Waals surface area contributed by atoms with Crippen molar-refractivity contribution in [2.24, 2.45) is 0 Å². The Balaban J connectivity index is 2.59. The number of hydrogen-bond donors (Lipinski definition) is 0. The Morgan fingerprint density at radius 2 is 1.58 bits per heavy atom. The zero-order chi connectivity index (χ0) is 19.5. The van der Waals surface area contributed by atoms with E-state index in [4.69, 9.17) is 9.47 Å². The molecular weight excluding hydrogens is 354 g/mol. The van der Waals surface area contributed by atoms with E-state index in [9.17, 15) is 13.2 Å². The van der Waals surface area contributed by atoms with Gasteiger partial charge in [-0.25, -0.2) is 13.2 Å². The molecule has 7 heteroatoms. The Hall–Kier alpha value is -2.54. The third-order valence-electron chi connectivity index (χ3n) is 3.48. The lowest BCUT2D eigenvalue weighted by atomic mass is 10.2. The van der Waals surface area contributed by atoms with Gasteiger partial charge in [0.2, 0.25) is 0 Å². The molecule has 2 rings (SSSR count). The minimum Gasteiger partial charge on any atom is -0.497 e. The second kappa shape index (κ2) is 7.37. The number of carbonyl (C=O) groups excluding carboxylic acids is 1. The van der Waals surface area contributed by atoms with E-state index in [-0.39, 0.29) is 10.6 Å². The maximum atomic E-state index is 13.2. The van der Waals surface area contributed by atoms with Crippen LogP contribution in [0.3, 0.4) is 0 Å². The number of benzene rings is 2. The second-order valence-electron chi connectivity index (χ2n) is 6.71. The van der Waals surface area contributed by atoms with Crippen molar-refractivity contribution in [3.63, 3.8) is 0 Å². The van der Waals surface area contributed by atoms with Crippen LogP contribution in [0, 0.1) is 6.92 Å². The fraction of sp³-hybridized carbons (Fsp3) is 0.316. The lowest BCUT2D eigenvalue weighted by Crippen LogP contribution is -2.41. The molecule has 26 heavy (non-hydrogen) atoms. The third-order valence-corrected chi connectivity index (χ3v) is 5.33. The van der Waals surface area contributed by atoms with Gasteiger partial charge >= 0.3 is 6.09 Å². The van der Waals surface area contributed by atoms with Gasteiger partial charge in [0.1, 0.15) is 11.4 Å². The van der Waals surface area contributed by atoms with Crippen molar-refractivity contribution in [2.75, 3.05) is 11.4 Å². The van der Waals surface area contributed by atoms with Crippen molar-refractivity contribution in [2.45, 2.75) is 38.2 Å². The minimum atomic E-state index is -4.16. The van der Waals surface area contributed by atoms with Gasteiger partial charge in [-0.05, 0) is 63.6 Å². The summed E-state index contributed by atoms with van der Waals surface area (Å²) in [4.78, 5) is 12.8. The SMILES string of the molecule is COc1ccc(N(C(=O)OC(C)(C)C)S(=O)(=O)c2ccccc2C)cc1. The van der Waals surface area contributed by atoms with Gasteiger partial charge in [0.05, 0.1) is 17.7 Å². The van der Waals surface area contributed by atoms with Gasteiger partial charge in [-0.2, -0.15) is 4.31 Å². The summed E-state index contributed by atoms with van der Waals surface area (Å²) in [6.45, 7) is 6.71. The molecule has 0 atom stereocenters. The van der Waals surface area contributed by atoms with Crippen molar-refractivity contribution < 1.29 is 22.7 Å². The topological polar surface area (TPSA) is 72.9 Å². The molecule has 0 heterocycles. The van der Waals surface area contributed by atoms with Gasteiger partial charge in [0.25, 0.3) is 10.0 Å². The number of aryl methyl sites for hydroxylation is 1. The summed E-state index contributed by atoms with van der Waals surface area (Å²) in [5.41, 5.74) is -0.138. The first-order valence-corrected chi connectivity index (χ1v) is 9.48. The van der Waals surface area contributed by atoms with Gasteiger partial charge < -0.3 is 9.47 Å². The van der Waals surface area contributed by atoms with Crippen LogP contribution in [-0.4, -0.2) is 27.2 Å². The maximum absolute atomic E-state index is 13.2. The van der Waals surface area contributed by atoms with E-state index in [1.807, 2.05) is 0 Å². The van der Waals surface area contributed by atoms with E-state index < -0.39 is 21.7 Å². The van der Waals surface area contributed by atoms with Crippen molar-refractivity contribution in [1.82, 2.24) is 0 Å². The molecule has 0 unspecified atom stereocenters. The standard InChI is InChI=1S/C19H23NO5S/c1-14-8-6-7-9-17(14)26(22,23)20(18(21)25-19(2,3)4)15-10-12-16(24-5)13-11-15/h6-13H,1-5H3. The third kappa shape index (κ3) is 4.35. The first-order chi connectivity index (χ1) is 12.1. The molecule has 0 spiro atoms. The molecule has 0 saturated carbocycles. The lowest BCUT2D eigenvalue weighted by molar-refractivity contribution is 0.0609. The van der Waals surface area contributed by atoms with Crippen molar-refractivity contribution in [3.05, 3.63) is 54.1 Å². The first-order valence-electron chi connectivity index (χ1n) is 8.04.